The molecule has 2 N–H and O–H groups in total. The van der Waals surface area contributed by atoms with E-state index in [4.69, 9.17) is 4.74 Å². The molecular weight excluding hydrogens is 306 g/mol. The fourth-order valence-corrected chi connectivity index (χ4v) is 2.43. The number of ether oxygens (including phenoxy) is 1. The molecule has 1 fully saturated rings. The van der Waals surface area contributed by atoms with Crippen LogP contribution < -0.4 is 10.6 Å². The van der Waals surface area contributed by atoms with E-state index in [9.17, 15) is 4.79 Å². The monoisotopic (exact) mass is 331 g/mol. The molecule has 2 rings (SSSR count). The second-order valence-corrected chi connectivity index (χ2v) is 5.29. The number of piperidine rings is 1. The van der Waals surface area contributed by atoms with Crippen molar-refractivity contribution < 1.29 is 9.53 Å². The van der Waals surface area contributed by atoms with Crippen molar-refractivity contribution in [2.24, 2.45) is 7.05 Å². The average molecular weight is 332 g/mol. The van der Waals surface area contributed by atoms with Crippen LogP contribution in [0.15, 0.2) is 0 Å². The summed E-state index contributed by atoms with van der Waals surface area (Å²) in [6, 6.07) is 0. The van der Waals surface area contributed by atoms with Crippen molar-refractivity contribution in [2.45, 2.75) is 38.5 Å². The van der Waals surface area contributed by atoms with Gasteiger partial charge in [0.2, 0.25) is 11.9 Å². The average Bonchev–Trinajstić information content (AvgIpc) is 2.86. The number of halogens is 1. The van der Waals surface area contributed by atoms with Crippen LogP contribution >= 0.6 is 12.4 Å². The molecule has 0 aliphatic carbocycles. The zero-order valence-corrected chi connectivity index (χ0v) is 14.1. The number of aryl methyl sites for hydroxylation is 1. The van der Waals surface area contributed by atoms with Crippen molar-refractivity contribution in [3.8, 4) is 0 Å². The molecular formula is C14H26ClN5O2. The van der Waals surface area contributed by atoms with Gasteiger partial charge in [-0.2, -0.15) is 10.1 Å². The number of hydrogen-bond acceptors (Lipinski definition) is 5. The first kappa shape index (κ1) is 18.9. The molecule has 0 aromatic carbocycles. The van der Waals surface area contributed by atoms with Crippen molar-refractivity contribution in [1.82, 2.24) is 20.1 Å². The third kappa shape index (κ3) is 5.55. The van der Waals surface area contributed by atoms with E-state index in [1.165, 1.54) is 0 Å². The minimum absolute atomic E-state index is 0. The van der Waals surface area contributed by atoms with Gasteiger partial charge in [-0.15, -0.1) is 12.4 Å². The number of aromatic nitrogens is 3. The van der Waals surface area contributed by atoms with Crippen LogP contribution in [0.5, 0.6) is 0 Å². The van der Waals surface area contributed by atoms with Gasteiger partial charge < -0.3 is 10.1 Å². The summed E-state index contributed by atoms with van der Waals surface area (Å²) in [5.41, 5.74) is 0. The molecule has 1 amide bonds. The predicted octanol–water partition coefficient (Wildman–Crippen LogP) is 1.46. The standard InChI is InChI=1S/C14H25N5O2.ClH/c1-3-21-10-4-5-12(20)16-14-17-13(18-19(14)2)11-6-8-15-9-7-11;/h11,15H,3-10H2,1-2H3,(H,16,17,18,20);1H. The van der Waals surface area contributed by atoms with Crippen molar-refractivity contribution in [2.75, 3.05) is 31.6 Å². The summed E-state index contributed by atoms with van der Waals surface area (Å²) in [7, 11) is 1.81. The van der Waals surface area contributed by atoms with E-state index in [0.717, 1.165) is 38.2 Å². The molecule has 22 heavy (non-hydrogen) atoms. The summed E-state index contributed by atoms with van der Waals surface area (Å²) >= 11 is 0. The van der Waals surface area contributed by atoms with E-state index in [1.807, 2.05) is 14.0 Å². The summed E-state index contributed by atoms with van der Waals surface area (Å²) < 4.78 is 6.87. The lowest BCUT2D eigenvalue weighted by molar-refractivity contribution is -0.116. The first-order valence-corrected chi connectivity index (χ1v) is 7.70. The Morgan fingerprint density at radius 1 is 1.45 bits per heavy atom. The lowest BCUT2D eigenvalue weighted by atomic mass is 9.98. The highest BCUT2D eigenvalue weighted by Crippen LogP contribution is 2.23. The van der Waals surface area contributed by atoms with E-state index in [1.54, 1.807) is 4.68 Å². The summed E-state index contributed by atoms with van der Waals surface area (Å²) in [6.45, 7) is 5.25. The molecule has 8 heteroatoms. The summed E-state index contributed by atoms with van der Waals surface area (Å²) in [4.78, 5) is 16.3. The molecule has 0 spiro atoms. The highest BCUT2D eigenvalue weighted by atomic mass is 35.5. The fraction of sp³-hybridized carbons (Fsp3) is 0.786. The first-order chi connectivity index (χ1) is 10.2. The van der Waals surface area contributed by atoms with Crippen molar-refractivity contribution in [3.05, 3.63) is 5.82 Å². The molecule has 126 valence electrons. The zero-order chi connectivity index (χ0) is 15.1. The number of rotatable bonds is 7. The van der Waals surface area contributed by atoms with Gasteiger partial charge in [0.25, 0.3) is 0 Å². The van der Waals surface area contributed by atoms with E-state index in [0.29, 0.717) is 31.5 Å². The van der Waals surface area contributed by atoms with Crippen molar-refractivity contribution in [1.29, 1.82) is 0 Å². The molecule has 0 saturated carbocycles. The molecule has 1 aliphatic rings. The van der Waals surface area contributed by atoms with Gasteiger partial charge in [-0.3, -0.25) is 10.1 Å². The SMILES string of the molecule is CCOCCCC(=O)Nc1nc(C2CCNCC2)nn1C.Cl. The number of nitrogens with zero attached hydrogens (tertiary/aromatic N) is 3. The van der Waals surface area contributed by atoms with Crippen LogP contribution in [0.1, 0.15) is 44.3 Å². The Labute approximate surface area is 137 Å². The molecule has 1 aromatic heterocycles. The maximum Gasteiger partial charge on any atom is 0.227 e. The highest BCUT2D eigenvalue weighted by Gasteiger charge is 2.21. The quantitative estimate of drug-likeness (QED) is 0.739. The Balaban J connectivity index is 0.00000242. The molecule has 1 aromatic rings. The zero-order valence-electron chi connectivity index (χ0n) is 13.3. The third-order valence-electron chi connectivity index (χ3n) is 3.63. The van der Waals surface area contributed by atoms with E-state index < -0.39 is 0 Å². The Morgan fingerprint density at radius 3 is 2.86 bits per heavy atom. The molecule has 0 unspecified atom stereocenters. The first-order valence-electron chi connectivity index (χ1n) is 7.70. The van der Waals surface area contributed by atoms with Gasteiger partial charge in [-0.05, 0) is 39.3 Å². The van der Waals surface area contributed by atoms with Gasteiger partial charge in [0, 0.05) is 32.6 Å². The largest absolute Gasteiger partial charge is 0.382 e. The normalized spacial score (nSPS) is 15.4. The number of amides is 1. The summed E-state index contributed by atoms with van der Waals surface area (Å²) in [5.74, 6) is 1.72. The van der Waals surface area contributed by atoms with Crippen molar-refractivity contribution >= 4 is 24.3 Å². The second kappa shape index (κ2) is 9.76. The summed E-state index contributed by atoms with van der Waals surface area (Å²) in [5, 5.41) is 10.6. The van der Waals surface area contributed by atoms with Gasteiger partial charge in [0.15, 0.2) is 5.82 Å². The lowest BCUT2D eigenvalue weighted by Crippen LogP contribution is -2.27. The Bertz CT molecular complexity index is 460. The number of carbonyl (C=O) groups excluding carboxylic acids is 1. The number of nitrogens with one attached hydrogen (secondary N) is 2. The van der Waals surface area contributed by atoms with Crippen LogP contribution in [0.25, 0.3) is 0 Å². The minimum Gasteiger partial charge on any atom is -0.382 e. The van der Waals surface area contributed by atoms with Crippen LogP contribution in [0.3, 0.4) is 0 Å². The van der Waals surface area contributed by atoms with Crippen LogP contribution in [-0.2, 0) is 16.6 Å². The van der Waals surface area contributed by atoms with E-state index in [-0.39, 0.29) is 18.3 Å². The second-order valence-electron chi connectivity index (χ2n) is 5.29. The minimum atomic E-state index is -0.0398. The van der Waals surface area contributed by atoms with Gasteiger partial charge in [-0.25, -0.2) is 4.68 Å². The van der Waals surface area contributed by atoms with Crippen LogP contribution in [0, 0.1) is 0 Å². The molecule has 7 nitrogen and oxygen atoms in total. The van der Waals surface area contributed by atoms with Crippen LogP contribution in [-0.4, -0.2) is 47.0 Å². The topological polar surface area (TPSA) is 81.1 Å². The van der Waals surface area contributed by atoms with Crippen molar-refractivity contribution in [3.63, 3.8) is 0 Å². The number of carbonyl (C=O) groups is 1. The number of anilines is 1. The van der Waals surface area contributed by atoms with Crippen LogP contribution in [0.4, 0.5) is 5.95 Å². The Morgan fingerprint density at radius 2 is 2.18 bits per heavy atom. The number of hydrogen-bond donors (Lipinski definition) is 2. The maximum absolute atomic E-state index is 11.9. The molecule has 1 aliphatic heterocycles. The Kier molecular flexibility index (Phi) is 8.37. The molecule has 1 saturated heterocycles. The lowest BCUT2D eigenvalue weighted by Gasteiger charge is -2.19. The predicted molar refractivity (Wildman–Crippen MR) is 87.5 cm³/mol. The van der Waals surface area contributed by atoms with Gasteiger partial charge >= 0.3 is 0 Å². The smallest absolute Gasteiger partial charge is 0.227 e. The van der Waals surface area contributed by atoms with E-state index >= 15 is 0 Å². The van der Waals surface area contributed by atoms with Gasteiger partial charge in [0.05, 0.1) is 0 Å². The molecule has 0 atom stereocenters. The Hall–Kier alpha value is -1.18. The fourth-order valence-electron chi connectivity index (χ4n) is 2.43. The summed E-state index contributed by atoms with van der Waals surface area (Å²) in [6.07, 6.45) is 3.26. The molecule has 2 heterocycles. The highest BCUT2D eigenvalue weighted by molar-refractivity contribution is 5.88. The van der Waals surface area contributed by atoms with E-state index in [2.05, 4.69) is 20.7 Å². The van der Waals surface area contributed by atoms with Crippen LogP contribution in [0.2, 0.25) is 0 Å². The third-order valence-corrected chi connectivity index (χ3v) is 3.63. The molecule has 0 radical (unpaired) electrons. The van der Waals surface area contributed by atoms with Gasteiger partial charge in [0.1, 0.15) is 0 Å². The maximum atomic E-state index is 11.9. The molecule has 0 bridgehead atoms. The van der Waals surface area contributed by atoms with Gasteiger partial charge in [-0.1, -0.05) is 0 Å².